The minimum absolute atomic E-state index is 0.192. The number of nitrogens with zero attached hydrogens (tertiary/aromatic N) is 2. The molecule has 1 saturated carbocycles. The second-order valence-electron chi connectivity index (χ2n) is 5.22. The van der Waals surface area contributed by atoms with E-state index in [0.717, 1.165) is 25.0 Å². The van der Waals surface area contributed by atoms with Crippen molar-refractivity contribution in [1.29, 1.82) is 0 Å². The summed E-state index contributed by atoms with van der Waals surface area (Å²) in [5.74, 6) is 1.27. The summed E-state index contributed by atoms with van der Waals surface area (Å²) in [7, 11) is 0. The topological polar surface area (TPSA) is 73.1 Å². The van der Waals surface area contributed by atoms with E-state index < -0.39 is 0 Å². The lowest BCUT2D eigenvalue weighted by Crippen LogP contribution is -2.43. The van der Waals surface area contributed by atoms with E-state index in [2.05, 4.69) is 22.2 Å². The second-order valence-corrected chi connectivity index (χ2v) is 5.22. The number of hydrogen-bond donors (Lipinski definition) is 2. The molecule has 0 amide bonds. The molecule has 0 spiro atoms. The molecule has 2 rings (SSSR count). The maximum atomic E-state index is 6.13. The summed E-state index contributed by atoms with van der Waals surface area (Å²) in [6, 6.07) is 2.33. The first-order chi connectivity index (χ1) is 9.19. The zero-order valence-corrected chi connectivity index (χ0v) is 11.9. The predicted octanol–water partition coefficient (Wildman–Crippen LogP) is 2.26. The van der Waals surface area contributed by atoms with Crippen LogP contribution in [0.3, 0.4) is 0 Å². The summed E-state index contributed by atoms with van der Waals surface area (Å²) >= 11 is 0. The Labute approximate surface area is 115 Å². The zero-order chi connectivity index (χ0) is 13.7. The van der Waals surface area contributed by atoms with Crippen LogP contribution in [0.4, 0.5) is 5.95 Å². The van der Waals surface area contributed by atoms with Gasteiger partial charge in [-0.3, -0.25) is 0 Å². The van der Waals surface area contributed by atoms with Gasteiger partial charge in [-0.2, -0.15) is 4.98 Å². The molecule has 0 aromatic carbocycles. The molecule has 2 atom stereocenters. The summed E-state index contributed by atoms with van der Waals surface area (Å²) < 4.78 is 5.57. The van der Waals surface area contributed by atoms with Crippen LogP contribution in [0, 0.1) is 6.92 Å². The molecule has 19 heavy (non-hydrogen) atoms. The first-order valence-corrected chi connectivity index (χ1v) is 7.19. The van der Waals surface area contributed by atoms with Gasteiger partial charge in [-0.1, -0.05) is 19.8 Å². The lowest BCUT2D eigenvalue weighted by molar-refractivity contribution is 0.304. The number of aromatic nitrogens is 2. The van der Waals surface area contributed by atoms with Crippen molar-refractivity contribution in [2.24, 2.45) is 5.73 Å². The molecule has 5 nitrogen and oxygen atoms in total. The van der Waals surface area contributed by atoms with Crippen molar-refractivity contribution in [2.45, 2.75) is 58.0 Å². The third-order valence-corrected chi connectivity index (χ3v) is 3.42. The van der Waals surface area contributed by atoms with E-state index in [-0.39, 0.29) is 12.1 Å². The Morgan fingerprint density at radius 3 is 2.89 bits per heavy atom. The lowest BCUT2D eigenvalue weighted by Gasteiger charge is -2.29. The second kappa shape index (κ2) is 6.70. The Hall–Kier alpha value is -1.36. The molecular weight excluding hydrogens is 240 g/mol. The number of rotatable bonds is 5. The van der Waals surface area contributed by atoms with E-state index in [1.165, 1.54) is 12.8 Å². The summed E-state index contributed by atoms with van der Waals surface area (Å²) in [5, 5.41) is 3.36. The molecule has 0 saturated heterocycles. The number of anilines is 1. The number of ether oxygens (including phenoxy) is 1. The third kappa shape index (κ3) is 4.06. The fraction of sp³-hybridized carbons (Fsp3) is 0.714. The Kier molecular flexibility index (Phi) is 4.96. The van der Waals surface area contributed by atoms with Crippen molar-refractivity contribution < 1.29 is 4.74 Å². The number of nitrogens with two attached hydrogens (primary N) is 1. The van der Waals surface area contributed by atoms with Gasteiger partial charge >= 0.3 is 0 Å². The van der Waals surface area contributed by atoms with E-state index in [0.29, 0.717) is 18.4 Å². The van der Waals surface area contributed by atoms with Crippen LogP contribution in [-0.2, 0) is 0 Å². The summed E-state index contributed by atoms with van der Waals surface area (Å²) in [6.45, 7) is 4.71. The van der Waals surface area contributed by atoms with Crippen LogP contribution in [0.5, 0.6) is 5.88 Å². The first kappa shape index (κ1) is 14.1. The van der Waals surface area contributed by atoms with E-state index in [4.69, 9.17) is 10.5 Å². The maximum Gasteiger partial charge on any atom is 0.226 e. The van der Waals surface area contributed by atoms with Crippen molar-refractivity contribution in [3.05, 3.63) is 11.8 Å². The molecule has 0 aliphatic heterocycles. The van der Waals surface area contributed by atoms with E-state index in [1.807, 2.05) is 13.0 Å². The van der Waals surface area contributed by atoms with Crippen LogP contribution >= 0.6 is 0 Å². The fourth-order valence-electron chi connectivity index (χ4n) is 2.39. The molecule has 1 aromatic rings. The molecule has 3 N–H and O–H groups in total. The van der Waals surface area contributed by atoms with Gasteiger partial charge in [0, 0.05) is 23.8 Å². The highest BCUT2D eigenvalue weighted by Crippen LogP contribution is 2.21. The maximum absolute atomic E-state index is 6.13. The number of aryl methyl sites for hydroxylation is 1. The fourth-order valence-corrected chi connectivity index (χ4v) is 2.39. The predicted molar refractivity (Wildman–Crippen MR) is 76.4 cm³/mol. The lowest BCUT2D eigenvalue weighted by atomic mass is 9.91. The van der Waals surface area contributed by atoms with Gasteiger partial charge in [0.15, 0.2) is 0 Å². The van der Waals surface area contributed by atoms with Crippen LogP contribution in [0.15, 0.2) is 6.07 Å². The van der Waals surface area contributed by atoms with Crippen molar-refractivity contribution >= 4 is 5.95 Å². The summed E-state index contributed by atoms with van der Waals surface area (Å²) in [5.41, 5.74) is 7.04. The number of hydrogen-bond acceptors (Lipinski definition) is 5. The van der Waals surface area contributed by atoms with Crippen LogP contribution in [0.2, 0.25) is 0 Å². The summed E-state index contributed by atoms with van der Waals surface area (Å²) in [6.07, 6.45) is 5.57. The molecule has 1 fully saturated rings. The van der Waals surface area contributed by atoms with Gasteiger partial charge < -0.3 is 15.8 Å². The molecule has 106 valence electrons. The normalized spacial score (nSPS) is 23.1. The SMILES string of the molecule is CCCOc1cc(C)nc(NC2CCCCC2N)n1. The van der Waals surface area contributed by atoms with E-state index in [1.54, 1.807) is 0 Å². The van der Waals surface area contributed by atoms with Crippen molar-refractivity contribution in [1.82, 2.24) is 9.97 Å². The quantitative estimate of drug-likeness (QED) is 0.853. The van der Waals surface area contributed by atoms with E-state index >= 15 is 0 Å². The van der Waals surface area contributed by atoms with Crippen molar-refractivity contribution in [3.8, 4) is 5.88 Å². The Bertz CT molecular complexity index is 410. The molecule has 5 heteroatoms. The molecule has 1 heterocycles. The highest BCUT2D eigenvalue weighted by Gasteiger charge is 2.22. The molecular formula is C14H24N4O. The smallest absolute Gasteiger partial charge is 0.226 e. The molecule has 1 aliphatic carbocycles. The van der Waals surface area contributed by atoms with Gasteiger partial charge in [0.25, 0.3) is 0 Å². The Morgan fingerprint density at radius 1 is 1.37 bits per heavy atom. The molecule has 2 unspecified atom stereocenters. The largest absolute Gasteiger partial charge is 0.478 e. The van der Waals surface area contributed by atoms with Crippen LogP contribution < -0.4 is 15.8 Å². The molecule has 1 aliphatic rings. The van der Waals surface area contributed by atoms with E-state index in [9.17, 15) is 0 Å². The first-order valence-electron chi connectivity index (χ1n) is 7.19. The third-order valence-electron chi connectivity index (χ3n) is 3.42. The van der Waals surface area contributed by atoms with Crippen molar-refractivity contribution in [3.63, 3.8) is 0 Å². The Balaban J connectivity index is 2.04. The molecule has 1 aromatic heterocycles. The highest BCUT2D eigenvalue weighted by atomic mass is 16.5. The molecule has 0 bridgehead atoms. The monoisotopic (exact) mass is 264 g/mol. The van der Waals surface area contributed by atoms with Crippen LogP contribution in [0.1, 0.15) is 44.7 Å². The highest BCUT2D eigenvalue weighted by molar-refractivity contribution is 5.32. The standard InChI is InChI=1S/C14H24N4O/c1-3-8-19-13-9-10(2)16-14(18-13)17-12-7-5-4-6-11(12)15/h9,11-12H,3-8,15H2,1-2H3,(H,16,17,18). The van der Waals surface area contributed by atoms with Crippen molar-refractivity contribution in [2.75, 3.05) is 11.9 Å². The van der Waals surface area contributed by atoms with Gasteiger partial charge in [-0.05, 0) is 26.2 Å². The van der Waals surface area contributed by atoms with Crippen LogP contribution in [-0.4, -0.2) is 28.7 Å². The average Bonchev–Trinajstić information content (AvgIpc) is 2.38. The zero-order valence-electron chi connectivity index (χ0n) is 11.9. The number of nitrogens with one attached hydrogen (secondary N) is 1. The minimum atomic E-state index is 0.192. The average molecular weight is 264 g/mol. The summed E-state index contributed by atoms with van der Waals surface area (Å²) in [4.78, 5) is 8.81. The van der Waals surface area contributed by atoms with Gasteiger partial charge in [-0.15, -0.1) is 0 Å². The van der Waals surface area contributed by atoms with Gasteiger partial charge in [0.1, 0.15) is 0 Å². The van der Waals surface area contributed by atoms with Gasteiger partial charge in [0.05, 0.1) is 6.61 Å². The Morgan fingerprint density at radius 2 is 2.16 bits per heavy atom. The minimum Gasteiger partial charge on any atom is -0.478 e. The van der Waals surface area contributed by atoms with Crippen LogP contribution in [0.25, 0.3) is 0 Å². The molecule has 0 radical (unpaired) electrons. The van der Waals surface area contributed by atoms with Gasteiger partial charge in [-0.25, -0.2) is 4.98 Å². The van der Waals surface area contributed by atoms with Gasteiger partial charge in [0.2, 0.25) is 11.8 Å².